The van der Waals surface area contributed by atoms with Crippen LogP contribution in [0.3, 0.4) is 0 Å². The smallest absolute Gasteiger partial charge is 0.169 e. The van der Waals surface area contributed by atoms with Gasteiger partial charge in [0.15, 0.2) is 5.79 Å². The monoisotopic (exact) mass is 208 g/mol. The minimum atomic E-state index is -0.312. The number of allylic oxidation sites excluding steroid dienone is 2. The van der Waals surface area contributed by atoms with Crippen LogP contribution in [0.5, 0.6) is 0 Å². The van der Waals surface area contributed by atoms with Gasteiger partial charge in [0.2, 0.25) is 0 Å². The second-order valence-corrected chi connectivity index (χ2v) is 5.39. The topological polar surface area (TPSA) is 18.5 Å². The average molecular weight is 208 g/mol. The average Bonchev–Trinajstić information content (AvgIpc) is 2.67. The molecule has 2 fully saturated rings. The van der Waals surface area contributed by atoms with Crippen molar-refractivity contribution in [3.8, 4) is 0 Å². The Kier molecular flexibility index (Phi) is 2.18. The normalized spacial score (nSPS) is 47.3. The van der Waals surface area contributed by atoms with E-state index in [-0.39, 0.29) is 5.79 Å². The second-order valence-electron chi connectivity index (χ2n) is 5.39. The predicted molar refractivity (Wildman–Crippen MR) is 58.3 cm³/mol. The van der Waals surface area contributed by atoms with Crippen LogP contribution in [0, 0.1) is 23.7 Å². The first-order chi connectivity index (χ1) is 7.21. The fourth-order valence-electron chi connectivity index (χ4n) is 3.85. The number of rotatable bonds is 1. The lowest BCUT2D eigenvalue weighted by molar-refractivity contribution is -0.213. The third-order valence-electron chi connectivity index (χ3n) is 4.61. The van der Waals surface area contributed by atoms with Crippen LogP contribution in [0.1, 0.15) is 26.7 Å². The zero-order valence-corrected chi connectivity index (χ0v) is 9.61. The summed E-state index contributed by atoms with van der Waals surface area (Å²) in [7, 11) is 0. The van der Waals surface area contributed by atoms with Gasteiger partial charge in [-0.15, -0.1) is 0 Å². The minimum absolute atomic E-state index is 0.312. The summed E-state index contributed by atoms with van der Waals surface area (Å²) in [5.41, 5.74) is 0. The van der Waals surface area contributed by atoms with Crippen LogP contribution >= 0.6 is 0 Å². The molecule has 84 valence electrons. The maximum Gasteiger partial charge on any atom is 0.169 e. The molecule has 0 aromatic heterocycles. The van der Waals surface area contributed by atoms with Crippen LogP contribution in [0.15, 0.2) is 12.2 Å². The third-order valence-corrected chi connectivity index (χ3v) is 4.61. The highest BCUT2D eigenvalue weighted by Crippen LogP contribution is 2.51. The lowest BCUT2D eigenvalue weighted by atomic mass is 9.60. The molecule has 0 N–H and O–H groups in total. The van der Waals surface area contributed by atoms with E-state index in [1.807, 2.05) is 0 Å². The first kappa shape index (κ1) is 9.86. The summed E-state index contributed by atoms with van der Waals surface area (Å²) in [5.74, 6) is 2.38. The van der Waals surface area contributed by atoms with E-state index in [2.05, 4.69) is 26.0 Å². The van der Waals surface area contributed by atoms with Crippen molar-refractivity contribution in [3.63, 3.8) is 0 Å². The van der Waals surface area contributed by atoms with Crippen molar-refractivity contribution >= 4 is 0 Å². The summed E-state index contributed by atoms with van der Waals surface area (Å²) < 4.78 is 11.7. The molecule has 0 aromatic carbocycles. The van der Waals surface area contributed by atoms with Gasteiger partial charge in [-0.2, -0.15) is 0 Å². The molecule has 1 heterocycles. The summed E-state index contributed by atoms with van der Waals surface area (Å²) in [6, 6.07) is 0. The molecule has 0 spiro atoms. The molecule has 0 aromatic rings. The highest BCUT2D eigenvalue weighted by Gasteiger charge is 2.50. The zero-order chi connectivity index (χ0) is 10.5. The van der Waals surface area contributed by atoms with Crippen LogP contribution in [-0.4, -0.2) is 19.0 Å². The molecule has 4 atom stereocenters. The zero-order valence-electron chi connectivity index (χ0n) is 9.61. The summed E-state index contributed by atoms with van der Waals surface area (Å²) in [5, 5.41) is 0. The quantitative estimate of drug-likeness (QED) is 0.617. The van der Waals surface area contributed by atoms with Crippen molar-refractivity contribution in [2.75, 3.05) is 13.2 Å². The maximum absolute atomic E-state index is 5.85. The van der Waals surface area contributed by atoms with Gasteiger partial charge in [-0.1, -0.05) is 19.1 Å². The van der Waals surface area contributed by atoms with Crippen LogP contribution in [0.4, 0.5) is 0 Å². The molecule has 2 bridgehead atoms. The van der Waals surface area contributed by atoms with Crippen LogP contribution < -0.4 is 0 Å². The first-order valence-corrected chi connectivity index (χ1v) is 6.17. The Morgan fingerprint density at radius 2 is 1.67 bits per heavy atom. The molecule has 2 nitrogen and oxygen atoms in total. The Morgan fingerprint density at radius 1 is 1.07 bits per heavy atom. The third kappa shape index (κ3) is 1.38. The predicted octanol–water partition coefficient (Wildman–Crippen LogP) is 2.60. The van der Waals surface area contributed by atoms with Gasteiger partial charge in [0.05, 0.1) is 13.2 Å². The van der Waals surface area contributed by atoms with Crippen LogP contribution in [-0.2, 0) is 9.47 Å². The highest BCUT2D eigenvalue weighted by molar-refractivity contribution is 5.11. The molecule has 2 heteroatoms. The standard InChI is InChI=1S/C13H20O2/c1-9-10-3-5-11(6-4-10)12(9)13(2)14-7-8-15-13/h3,5,9-12H,4,6-8H2,1-2H3/t9-,10+,11-,12+/m1/s1. The van der Waals surface area contributed by atoms with Gasteiger partial charge in [0.25, 0.3) is 0 Å². The molecule has 1 saturated carbocycles. The molecule has 0 amide bonds. The first-order valence-electron chi connectivity index (χ1n) is 6.17. The van der Waals surface area contributed by atoms with Crippen molar-refractivity contribution in [1.82, 2.24) is 0 Å². The van der Waals surface area contributed by atoms with Gasteiger partial charge >= 0.3 is 0 Å². The van der Waals surface area contributed by atoms with Crippen molar-refractivity contribution in [1.29, 1.82) is 0 Å². The number of fused-ring (bicyclic) bond motifs is 2. The van der Waals surface area contributed by atoms with E-state index in [1.54, 1.807) is 0 Å². The molecule has 0 unspecified atom stereocenters. The second kappa shape index (κ2) is 3.33. The van der Waals surface area contributed by atoms with Crippen LogP contribution in [0.2, 0.25) is 0 Å². The van der Waals surface area contributed by atoms with E-state index in [1.165, 1.54) is 12.8 Å². The van der Waals surface area contributed by atoms with E-state index in [4.69, 9.17) is 9.47 Å². The highest BCUT2D eigenvalue weighted by atomic mass is 16.7. The Labute approximate surface area is 91.6 Å². The van der Waals surface area contributed by atoms with E-state index in [0.717, 1.165) is 19.1 Å². The Bertz CT molecular complexity index is 278. The van der Waals surface area contributed by atoms with Gasteiger partial charge in [-0.25, -0.2) is 0 Å². The lowest BCUT2D eigenvalue weighted by Crippen LogP contribution is -2.49. The molecule has 4 rings (SSSR count). The minimum Gasteiger partial charge on any atom is -0.348 e. The summed E-state index contributed by atoms with van der Waals surface area (Å²) >= 11 is 0. The SMILES string of the molecule is C[C@H]1[C@H](C2(C)OCCO2)[C@@H]2C=C[C@H]1CC2. The molecule has 1 saturated heterocycles. The Morgan fingerprint density at radius 3 is 2.20 bits per heavy atom. The van der Waals surface area contributed by atoms with Crippen molar-refractivity contribution in [2.45, 2.75) is 32.5 Å². The molecular formula is C13H20O2. The molecule has 4 aliphatic rings. The molecular weight excluding hydrogens is 188 g/mol. The molecule has 3 aliphatic carbocycles. The van der Waals surface area contributed by atoms with Crippen molar-refractivity contribution < 1.29 is 9.47 Å². The van der Waals surface area contributed by atoms with E-state index in [9.17, 15) is 0 Å². The van der Waals surface area contributed by atoms with Gasteiger partial charge in [-0.05, 0) is 37.5 Å². The van der Waals surface area contributed by atoms with E-state index < -0.39 is 0 Å². The number of hydrogen-bond acceptors (Lipinski definition) is 2. The number of ether oxygens (including phenoxy) is 2. The summed E-state index contributed by atoms with van der Waals surface area (Å²) in [6.07, 6.45) is 7.48. The van der Waals surface area contributed by atoms with Gasteiger partial charge in [0.1, 0.15) is 0 Å². The Hall–Kier alpha value is -0.340. The van der Waals surface area contributed by atoms with Crippen molar-refractivity contribution in [3.05, 3.63) is 12.2 Å². The molecule has 1 aliphatic heterocycles. The van der Waals surface area contributed by atoms with Gasteiger partial charge < -0.3 is 9.47 Å². The lowest BCUT2D eigenvalue weighted by Gasteiger charge is -2.49. The number of hydrogen-bond donors (Lipinski definition) is 0. The fraction of sp³-hybridized carbons (Fsp3) is 0.846. The maximum atomic E-state index is 5.85. The fourth-order valence-corrected chi connectivity index (χ4v) is 3.85. The molecule has 0 radical (unpaired) electrons. The van der Waals surface area contributed by atoms with Crippen molar-refractivity contribution in [2.24, 2.45) is 23.7 Å². The molecule has 15 heavy (non-hydrogen) atoms. The summed E-state index contributed by atoms with van der Waals surface area (Å²) in [6.45, 7) is 6.03. The van der Waals surface area contributed by atoms with Crippen LogP contribution in [0.25, 0.3) is 0 Å². The largest absolute Gasteiger partial charge is 0.348 e. The van der Waals surface area contributed by atoms with E-state index in [0.29, 0.717) is 17.8 Å². The summed E-state index contributed by atoms with van der Waals surface area (Å²) in [4.78, 5) is 0. The van der Waals surface area contributed by atoms with Gasteiger partial charge in [0, 0.05) is 5.92 Å². The van der Waals surface area contributed by atoms with Gasteiger partial charge in [-0.3, -0.25) is 0 Å². The van der Waals surface area contributed by atoms with E-state index >= 15 is 0 Å². The Balaban J connectivity index is 1.89.